The maximum atomic E-state index is 12.2. The summed E-state index contributed by atoms with van der Waals surface area (Å²) in [5, 5.41) is 9.92. The van der Waals surface area contributed by atoms with Crippen LogP contribution in [-0.2, 0) is 4.74 Å². The van der Waals surface area contributed by atoms with Gasteiger partial charge in [0, 0.05) is 24.1 Å². The Morgan fingerprint density at radius 1 is 1.41 bits per heavy atom. The zero-order valence-electron chi connectivity index (χ0n) is 14.5. The van der Waals surface area contributed by atoms with Gasteiger partial charge in [0.1, 0.15) is 5.76 Å². The fraction of sp³-hybridized carbons (Fsp3) is 0.750. The first-order valence-electron chi connectivity index (χ1n) is 7.67. The van der Waals surface area contributed by atoms with E-state index in [1.165, 1.54) is 0 Å². The minimum Gasteiger partial charge on any atom is -0.378 e. The van der Waals surface area contributed by atoms with Crippen LogP contribution in [-0.4, -0.2) is 29.9 Å². The smallest absolute Gasteiger partial charge is 0.315 e. The Labute approximate surface area is 132 Å². The van der Waals surface area contributed by atoms with E-state index >= 15 is 0 Å². The molecular formula is C16H27N3O3. The lowest BCUT2D eigenvalue weighted by molar-refractivity contribution is -0.177. The number of rotatable bonds is 4. The molecule has 0 spiro atoms. The van der Waals surface area contributed by atoms with E-state index in [9.17, 15) is 4.79 Å². The molecule has 0 radical (unpaired) electrons. The summed E-state index contributed by atoms with van der Waals surface area (Å²) in [6, 6.07) is -0.235. The van der Waals surface area contributed by atoms with Crippen molar-refractivity contribution in [1.82, 2.24) is 15.8 Å². The van der Waals surface area contributed by atoms with Crippen molar-refractivity contribution >= 4 is 6.03 Å². The Balaban J connectivity index is 1.95. The van der Waals surface area contributed by atoms with E-state index in [1.807, 2.05) is 20.8 Å². The second-order valence-corrected chi connectivity index (χ2v) is 6.99. The molecule has 0 aliphatic heterocycles. The molecule has 22 heavy (non-hydrogen) atoms. The van der Waals surface area contributed by atoms with E-state index in [1.54, 1.807) is 7.11 Å². The molecule has 2 amide bonds. The normalized spacial score (nSPS) is 27.9. The highest BCUT2D eigenvalue weighted by atomic mass is 16.5. The van der Waals surface area contributed by atoms with Crippen molar-refractivity contribution in [2.45, 2.75) is 65.6 Å². The zero-order valence-corrected chi connectivity index (χ0v) is 14.5. The third-order valence-electron chi connectivity index (χ3n) is 5.45. The molecule has 0 saturated heterocycles. The van der Waals surface area contributed by atoms with E-state index in [2.05, 4.69) is 36.6 Å². The summed E-state index contributed by atoms with van der Waals surface area (Å²) in [5.74, 6) is 0.737. The van der Waals surface area contributed by atoms with Gasteiger partial charge in [0.2, 0.25) is 0 Å². The van der Waals surface area contributed by atoms with Crippen molar-refractivity contribution < 1.29 is 14.1 Å². The van der Waals surface area contributed by atoms with Crippen LogP contribution < -0.4 is 10.6 Å². The molecule has 1 fully saturated rings. The van der Waals surface area contributed by atoms with Crippen LogP contribution in [0.25, 0.3) is 0 Å². The molecule has 2 N–H and O–H groups in total. The Hall–Kier alpha value is -1.56. The molecule has 1 aromatic rings. The fourth-order valence-corrected chi connectivity index (χ4v) is 3.30. The monoisotopic (exact) mass is 309 g/mol. The summed E-state index contributed by atoms with van der Waals surface area (Å²) in [5.41, 5.74) is 1.44. The van der Waals surface area contributed by atoms with Gasteiger partial charge in [0.05, 0.1) is 17.3 Å². The van der Waals surface area contributed by atoms with Crippen molar-refractivity contribution in [3.63, 3.8) is 0 Å². The molecule has 6 heteroatoms. The van der Waals surface area contributed by atoms with E-state index in [0.717, 1.165) is 23.4 Å². The predicted octanol–water partition coefficient (Wildman–Crippen LogP) is 2.86. The van der Waals surface area contributed by atoms with Gasteiger partial charge in [-0.2, -0.15) is 0 Å². The van der Waals surface area contributed by atoms with Crippen molar-refractivity contribution in [2.24, 2.45) is 5.41 Å². The minimum absolute atomic E-state index is 0.0920. The van der Waals surface area contributed by atoms with E-state index in [0.29, 0.717) is 0 Å². The number of carbonyl (C=O) groups excluding carboxylic acids is 1. The summed E-state index contributed by atoms with van der Waals surface area (Å²) < 4.78 is 10.7. The molecule has 1 aromatic heterocycles. The zero-order chi connectivity index (χ0) is 16.7. The minimum atomic E-state index is -0.196. The van der Waals surface area contributed by atoms with Crippen molar-refractivity contribution in [1.29, 1.82) is 0 Å². The number of urea groups is 1. The summed E-state index contributed by atoms with van der Waals surface area (Å²) in [4.78, 5) is 12.2. The molecular weight excluding hydrogens is 282 g/mol. The number of aromatic nitrogens is 1. The molecule has 0 bridgehead atoms. The summed E-state index contributed by atoms with van der Waals surface area (Å²) in [7, 11) is 1.72. The lowest BCUT2D eigenvalue weighted by Gasteiger charge is -2.59. The number of carbonyl (C=O) groups is 1. The summed E-state index contributed by atoms with van der Waals surface area (Å²) in [6.07, 6.45) is 0.809. The van der Waals surface area contributed by atoms with Gasteiger partial charge in [-0.15, -0.1) is 0 Å². The predicted molar refractivity (Wildman–Crippen MR) is 83.7 cm³/mol. The highest BCUT2D eigenvalue weighted by Crippen LogP contribution is 2.51. The second kappa shape index (κ2) is 5.57. The summed E-state index contributed by atoms with van der Waals surface area (Å²) in [6.45, 7) is 12.0. The first-order chi connectivity index (χ1) is 10.1. The third-order valence-corrected chi connectivity index (χ3v) is 5.45. The van der Waals surface area contributed by atoms with Crippen LogP contribution in [0.5, 0.6) is 0 Å². The molecule has 2 rings (SSSR count). The largest absolute Gasteiger partial charge is 0.378 e. The fourth-order valence-electron chi connectivity index (χ4n) is 3.30. The highest BCUT2D eigenvalue weighted by Gasteiger charge is 2.58. The van der Waals surface area contributed by atoms with E-state index in [4.69, 9.17) is 9.26 Å². The average molecular weight is 309 g/mol. The van der Waals surface area contributed by atoms with Crippen LogP contribution in [0.3, 0.4) is 0 Å². The third kappa shape index (κ3) is 2.60. The lowest BCUT2D eigenvalue weighted by atomic mass is 9.56. The van der Waals surface area contributed by atoms with Crippen LogP contribution in [0.4, 0.5) is 4.79 Å². The molecule has 1 heterocycles. The first-order valence-corrected chi connectivity index (χ1v) is 7.67. The molecule has 1 aliphatic carbocycles. The number of hydrogen-bond acceptors (Lipinski definition) is 4. The highest BCUT2D eigenvalue weighted by molar-refractivity contribution is 5.75. The average Bonchev–Trinajstić information content (AvgIpc) is 2.77. The van der Waals surface area contributed by atoms with Gasteiger partial charge >= 0.3 is 6.03 Å². The van der Waals surface area contributed by atoms with Gasteiger partial charge in [-0.3, -0.25) is 0 Å². The van der Waals surface area contributed by atoms with E-state index in [-0.39, 0.29) is 29.1 Å². The van der Waals surface area contributed by atoms with Gasteiger partial charge in [-0.1, -0.05) is 19.0 Å². The number of amides is 2. The number of aryl methyl sites for hydroxylation is 2. The van der Waals surface area contributed by atoms with Crippen LogP contribution in [0.15, 0.2) is 4.52 Å². The molecule has 3 atom stereocenters. The molecule has 6 nitrogen and oxygen atoms in total. The number of hydrogen-bond donors (Lipinski definition) is 2. The molecule has 1 aliphatic rings. The second-order valence-electron chi connectivity index (χ2n) is 6.99. The first kappa shape index (κ1) is 16.8. The standard InChI is InChI=1S/C16H27N3O3/c1-9(13-10(2)19-22-11(13)3)17-14(20)18-12-8-16(6,21-7)15(12,4)5/h9,12H,8H2,1-7H3,(H2,17,18,20). The lowest BCUT2D eigenvalue weighted by Crippen LogP contribution is -2.69. The van der Waals surface area contributed by atoms with Gasteiger partial charge in [-0.05, 0) is 34.1 Å². The Kier molecular flexibility index (Phi) is 4.26. The summed E-state index contributed by atoms with van der Waals surface area (Å²) >= 11 is 0. The number of ether oxygens (including phenoxy) is 1. The Morgan fingerprint density at radius 2 is 2.05 bits per heavy atom. The number of nitrogens with zero attached hydrogens (tertiary/aromatic N) is 1. The number of nitrogens with one attached hydrogen (secondary N) is 2. The topological polar surface area (TPSA) is 76.4 Å². The number of methoxy groups -OCH3 is 1. The molecule has 0 aromatic carbocycles. The molecule has 124 valence electrons. The van der Waals surface area contributed by atoms with Gasteiger partial charge < -0.3 is 19.9 Å². The quantitative estimate of drug-likeness (QED) is 0.896. The Bertz CT molecular complexity index is 547. The van der Waals surface area contributed by atoms with Crippen LogP contribution >= 0.6 is 0 Å². The Morgan fingerprint density at radius 3 is 2.50 bits per heavy atom. The van der Waals surface area contributed by atoms with Crippen molar-refractivity contribution in [3.8, 4) is 0 Å². The van der Waals surface area contributed by atoms with E-state index < -0.39 is 0 Å². The maximum absolute atomic E-state index is 12.2. The SMILES string of the molecule is COC1(C)CC(NC(=O)NC(C)c2c(C)noc2C)C1(C)C. The van der Waals surface area contributed by atoms with Crippen molar-refractivity contribution in [2.75, 3.05) is 7.11 Å². The van der Waals surface area contributed by atoms with Crippen LogP contribution in [0.2, 0.25) is 0 Å². The van der Waals surface area contributed by atoms with Crippen LogP contribution in [0, 0.1) is 19.3 Å². The van der Waals surface area contributed by atoms with Gasteiger partial charge in [-0.25, -0.2) is 4.79 Å². The molecule has 3 unspecified atom stereocenters. The maximum Gasteiger partial charge on any atom is 0.315 e. The van der Waals surface area contributed by atoms with Gasteiger partial charge in [0.15, 0.2) is 0 Å². The van der Waals surface area contributed by atoms with Gasteiger partial charge in [0.25, 0.3) is 0 Å². The van der Waals surface area contributed by atoms with Crippen LogP contribution in [0.1, 0.15) is 57.2 Å². The van der Waals surface area contributed by atoms with Crippen molar-refractivity contribution in [3.05, 3.63) is 17.0 Å². The molecule has 1 saturated carbocycles.